The highest BCUT2D eigenvalue weighted by molar-refractivity contribution is 7.12. The van der Waals surface area contributed by atoms with E-state index in [2.05, 4.69) is 66.5 Å². The van der Waals surface area contributed by atoms with Crippen LogP contribution in [0.25, 0.3) is 0 Å². The van der Waals surface area contributed by atoms with Crippen LogP contribution in [0.3, 0.4) is 0 Å². The van der Waals surface area contributed by atoms with Gasteiger partial charge in [0, 0.05) is 46.3 Å². The lowest BCUT2D eigenvalue weighted by Gasteiger charge is -2.40. The maximum Gasteiger partial charge on any atom is 0.223 e. The van der Waals surface area contributed by atoms with Gasteiger partial charge in [-0.15, -0.1) is 21.5 Å². The molecule has 0 aromatic carbocycles. The van der Waals surface area contributed by atoms with Gasteiger partial charge in [-0.2, -0.15) is 0 Å². The molecule has 1 N–H and O–H groups in total. The predicted octanol–water partition coefficient (Wildman–Crippen LogP) is 6.69. The molecule has 2 aromatic rings. The van der Waals surface area contributed by atoms with Crippen molar-refractivity contribution in [2.45, 2.75) is 136 Å². The highest BCUT2D eigenvalue weighted by atomic mass is 32.1. The van der Waals surface area contributed by atoms with Gasteiger partial charge in [-0.05, 0) is 83.8 Å². The second kappa shape index (κ2) is 11.2. The number of aryl methyl sites for hydroxylation is 2. The molecule has 0 radical (unpaired) electrons. The summed E-state index contributed by atoms with van der Waals surface area (Å²) in [6, 6.07) is 1.87. The molecular weight excluding hydrogens is 478 g/mol. The van der Waals surface area contributed by atoms with Crippen molar-refractivity contribution in [3.05, 3.63) is 32.5 Å². The third-order valence-electron chi connectivity index (χ3n) is 9.64. The van der Waals surface area contributed by atoms with Gasteiger partial charge in [0.25, 0.3) is 0 Å². The summed E-state index contributed by atoms with van der Waals surface area (Å²) >= 11 is 1.90. The first-order chi connectivity index (χ1) is 17.7. The molecule has 7 heteroatoms. The predicted molar refractivity (Wildman–Crippen MR) is 151 cm³/mol. The largest absolute Gasteiger partial charge is 0.348 e. The first-order valence-corrected chi connectivity index (χ1v) is 15.6. The monoisotopic (exact) mass is 525 g/mol. The van der Waals surface area contributed by atoms with Gasteiger partial charge in [-0.1, -0.05) is 33.1 Å². The molecule has 6 nitrogen and oxygen atoms in total. The highest BCUT2D eigenvalue weighted by Crippen LogP contribution is 2.43. The molecule has 0 spiro atoms. The summed E-state index contributed by atoms with van der Waals surface area (Å²) in [4.78, 5) is 18.9. The minimum Gasteiger partial charge on any atom is -0.348 e. The summed E-state index contributed by atoms with van der Waals surface area (Å²) in [5.41, 5.74) is 2.77. The summed E-state index contributed by atoms with van der Waals surface area (Å²) in [5, 5.41) is 12.5. The van der Waals surface area contributed by atoms with Crippen LogP contribution in [0.15, 0.2) is 0 Å². The van der Waals surface area contributed by atoms with E-state index in [1.165, 1.54) is 65.8 Å². The van der Waals surface area contributed by atoms with Crippen LogP contribution in [0.1, 0.15) is 129 Å². The molecule has 1 aliphatic carbocycles. The molecule has 2 bridgehead atoms. The second-order valence-corrected chi connectivity index (χ2v) is 13.6. The highest BCUT2D eigenvalue weighted by Gasteiger charge is 2.42. The molecule has 4 atom stereocenters. The summed E-state index contributed by atoms with van der Waals surface area (Å²) < 4.78 is 2.45. The van der Waals surface area contributed by atoms with Crippen LogP contribution < -0.4 is 5.32 Å². The summed E-state index contributed by atoms with van der Waals surface area (Å²) in [5.74, 6) is 3.09. The SMILES string of the molecule is Cc1sc([C@H](CCN2[C@@H]3CC[C@H]2C[C@H](n2c(C)nnc2C(C)C)C3)NC(=O)C2CCCCC2)c(C)c1C. The molecule has 2 aromatic heterocycles. The molecule has 5 rings (SSSR count). The van der Waals surface area contributed by atoms with Crippen LogP contribution in [0, 0.1) is 33.6 Å². The lowest BCUT2D eigenvalue weighted by atomic mass is 9.88. The quantitative estimate of drug-likeness (QED) is 0.417. The Hall–Kier alpha value is -1.73. The number of rotatable bonds is 8. The van der Waals surface area contributed by atoms with E-state index >= 15 is 0 Å². The zero-order valence-corrected chi connectivity index (χ0v) is 24.7. The summed E-state index contributed by atoms with van der Waals surface area (Å²) in [7, 11) is 0. The van der Waals surface area contributed by atoms with E-state index in [1.807, 2.05) is 11.3 Å². The van der Waals surface area contributed by atoms with Gasteiger partial charge in [-0.25, -0.2) is 0 Å². The van der Waals surface area contributed by atoms with Gasteiger partial charge in [0.15, 0.2) is 0 Å². The molecule has 37 heavy (non-hydrogen) atoms. The average molecular weight is 526 g/mol. The van der Waals surface area contributed by atoms with Gasteiger partial charge >= 0.3 is 0 Å². The third-order valence-corrected chi connectivity index (χ3v) is 11.1. The molecule has 204 valence electrons. The van der Waals surface area contributed by atoms with Crippen molar-refractivity contribution in [2.75, 3.05) is 6.54 Å². The van der Waals surface area contributed by atoms with Crippen LogP contribution in [0.4, 0.5) is 0 Å². The average Bonchev–Trinajstić information content (AvgIpc) is 3.48. The van der Waals surface area contributed by atoms with E-state index in [9.17, 15) is 4.79 Å². The zero-order chi connectivity index (χ0) is 26.3. The fraction of sp³-hybridized carbons (Fsp3) is 0.767. The third kappa shape index (κ3) is 5.40. The molecule has 0 unspecified atom stereocenters. The topological polar surface area (TPSA) is 63.1 Å². The first kappa shape index (κ1) is 26.9. The number of fused-ring (bicyclic) bond motifs is 2. The fourth-order valence-electron chi connectivity index (χ4n) is 7.35. The van der Waals surface area contributed by atoms with Crippen molar-refractivity contribution in [3.8, 4) is 0 Å². The first-order valence-electron chi connectivity index (χ1n) is 14.8. The van der Waals surface area contributed by atoms with Crippen LogP contribution in [-0.2, 0) is 4.79 Å². The van der Waals surface area contributed by atoms with E-state index in [-0.39, 0.29) is 12.0 Å². The summed E-state index contributed by atoms with van der Waals surface area (Å²) in [6.45, 7) is 14.3. The number of hydrogen-bond donors (Lipinski definition) is 1. The number of thiophene rings is 1. The Morgan fingerprint density at radius 2 is 1.62 bits per heavy atom. The zero-order valence-electron chi connectivity index (χ0n) is 23.8. The van der Waals surface area contributed by atoms with Gasteiger partial charge < -0.3 is 9.88 Å². The standard InChI is InChI=1S/C30H47N5OS/c1-18(2)29-33-32-22(6)35(29)26-16-24-12-13-25(17-26)34(24)15-14-27(28-20(4)19(3)21(5)37-28)31-30(36)23-10-8-7-9-11-23/h18,23-27H,7-17H2,1-6H3,(H,31,36)/t24-,25+,26-,27-/m0/s1. The summed E-state index contributed by atoms with van der Waals surface area (Å²) in [6.07, 6.45) is 11.7. The Balaban J connectivity index is 1.29. The smallest absolute Gasteiger partial charge is 0.223 e. The molecule has 2 saturated heterocycles. The van der Waals surface area contributed by atoms with E-state index in [0.29, 0.717) is 30.0 Å². The van der Waals surface area contributed by atoms with E-state index < -0.39 is 0 Å². The Kier molecular flexibility index (Phi) is 8.11. The molecule has 1 saturated carbocycles. The normalized spacial score (nSPS) is 25.6. The minimum absolute atomic E-state index is 0.122. The van der Waals surface area contributed by atoms with Gasteiger partial charge in [-0.3, -0.25) is 9.69 Å². The van der Waals surface area contributed by atoms with E-state index in [4.69, 9.17) is 0 Å². The van der Waals surface area contributed by atoms with Crippen molar-refractivity contribution >= 4 is 17.2 Å². The van der Waals surface area contributed by atoms with E-state index in [0.717, 1.165) is 37.5 Å². The van der Waals surface area contributed by atoms with Crippen molar-refractivity contribution in [1.82, 2.24) is 25.0 Å². The van der Waals surface area contributed by atoms with Crippen molar-refractivity contribution in [2.24, 2.45) is 5.92 Å². The van der Waals surface area contributed by atoms with Crippen LogP contribution in [0.5, 0.6) is 0 Å². The maximum atomic E-state index is 13.3. The number of hydrogen-bond acceptors (Lipinski definition) is 5. The van der Waals surface area contributed by atoms with Crippen molar-refractivity contribution in [3.63, 3.8) is 0 Å². The van der Waals surface area contributed by atoms with Gasteiger partial charge in [0.1, 0.15) is 11.6 Å². The minimum atomic E-state index is 0.122. The number of carbonyl (C=O) groups excluding carboxylic acids is 1. The van der Waals surface area contributed by atoms with Crippen LogP contribution in [0.2, 0.25) is 0 Å². The molecule has 2 aliphatic heterocycles. The number of amides is 1. The van der Waals surface area contributed by atoms with Crippen LogP contribution in [-0.4, -0.2) is 44.2 Å². The van der Waals surface area contributed by atoms with E-state index in [1.54, 1.807) is 0 Å². The molecule has 3 fully saturated rings. The van der Waals surface area contributed by atoms with Gasteiger partial charge in [0.05, 0.1) is 6.04 Å². The lowest BCUT2D eigenvalue weighted by Crippen LogP contribution is -2.45. The van der Waals surface area contributed by atoms with Crippen molar-refractivity contribution in [1.29, 1.82) is 0 Å². The second-order valence-electron chi connectivity index (χ2n) is 12.3. The number of piperidine rings is 1. The molecular formula is C30H47N5OS. The van der Waals surface area contributed by atoms with Crippen molar-refractivity contribution < 1.29 is 4.79 Å². The fourth-order valence-corrected chi connectivity index (χ4v) is 8.61. The Labute approximate surface area is 227 Å². The Morgan fingerprint density at radius 1 is 0.946 bits per heavy atom. The molecule has 3 aliphatic rings. The van der Waals surface area contributed by atoms with Crippen LogP contribution >= 0.6 is 11.3 Å². The molecule has 1 amide bonds. The molecule has 4 heterocycles. The van der Waals surface area contributed by atoms with Gasteiger partial charge in [0.2, 0.25) is 5.91 Å². The number of nitrogens with zero attached hydrogens (tertiary/aromatic N) is 4. The Morgan fingerprint density at radius 3 is 2.22 bits per heavy atom. The number of aromatic nitrogens is 3. The maximum absolute atomic E-state index is 13.3. The Bertz CT molecular complexity index is 1080. The number of carbonyl (C=O) groups is 1. The lowest BCUT2D eigenvalue weighted by molar-refractivity contribution is -0.126. The number of nitrogens with one attached hydrogen (secondary N) is 1.